The first-order valence-electron chi connectivity index (χ1n) is 7.42. The molecule has 2 aliphatic rings. The average molecular weight is 341 g/mol. The largest absolute Gasteiger partial charge is 0.486 e. The highest BCUT2D eigenvalue weighted by Crippen LogP contribution is 2.43. The second-order valence-electron chi connectivity index (χ2n) is 5.98. The molecule has 0 spiro atoms. The summed E-state index contributed by atoms with van der Waals surface area (Å²) in [5, 5.41) is 10.7. The predicted molar refractivity (Wildman–Crippen MR) is 81.2 cm³/mol. The molecule has 1 N–H and O–H groups in total. The summed E-state index contributed by atoms with van der Waals surface area (Å²) >= 11 is 3.56. The number of ether oxygens (including phenoxy) is 2. The predicted octanol–water partition coefficient (Wildman–Crippen LogP) is 4.08. The SMILES string of the molecule is CC1CCC(C(O)c2cc3c(cc2Br)OCCO3)CC1. The third kappa shape index (κ3) is 2.82. The first-order chi connectivity index (χ1) is 9.65. The summed E-state index contributed by atoms with van der Waals surface area (Å²) in [4.78, 5) is 0. The number of aliphatic hydroxyl groups is 1. The van der Waals surface area contributed by atoms with E-state index in [2.05, 4.69) is 22.9 Å². The van der Waals surface area contributed by atoms with Gasteiger partial charge in [-0.25, -0.2) is 0 Å². The lowest BCUT2D eigenvalue weighted by molar-refractivity contribution is 0.0743. The number of fused-ring (bicyclic) bond motifs is 1. The topological polar surface area (TPSA) is 38.7 Å². The van der Waals surface area contributed by atoms with Crippen molar-refractivity contribution in [2.45, 2.75) is 38.7 Å². The zero-order valence-corrected chi connectivity index (χ0v) is 13.4. The Hall–Kier alpha value is -0.740. The second kappa shape index (κ2) is 5.94. The molecule has 1 aliphatic heterocycles. The molecule has 1 aromatic carbocycles. The standard InChI is InChI=1S/C16H21BrO3/c1-10-2-4-11(5-3-10)16(18)12-8-14-15(9-13(12)17)20-7-6-19-14/h8-11,16,18H,2-7H2,1H3. The van der Waals surface area contributed by atoms with Crippen molar-refractivity contribution in [3.8, 4) is 11.5 Å². The zero-order chi connectivity index (χ0) is 14.1. The fourth-order valence-electron chi connectivity index (χ4n) is 3.16. The van der Waals surface area contributed by atoms with Gasteiger partial charge in [0.2, 0.25) is 0 Å². The summed E-state index contributed by atoms with van der Waals surface area (Å²) in [7, 11) is 0. The summed E-state index contributed by atoms with van der Waals surface area (Å²) in [5.74, 6) is 2.65. The Morgan fingerprint density at radius 2 is 1.70 bits per heavy atom. The maximum atomic E-state index is 10.7. The van der Waals surface area contributed by atoms with Gasteiger partial charge in [0.25, 0.3) is 0 Å². The lowest BCUT2D eigenvalue weighted by atomic mass is 9.78. The van der Waals surface area contributed by atoms with E-state index in [4.69, 9.17) is 9.47 Å². The Morgan fingerprint density at radius 3 is 2.35 bits per heavy atom. The smallest absolute Gasteiger partial charge is 0.162 e. The molecule has 1 atom stereocenters. The number of rotatable bonds is 2. The van der Waals surface area contributed by atoms with Gasteiger partial charge >= 0.3 is 0 Å². The van der Waals surface area contributed by atoms with Crippen LogP contribution in [0.2, 0.25) is 0 Å². The van der Waals surface area contributed by atoms with Gasteiger partial charge < -0.3 is 14.6 Å². The van der Waals surface area contributed by atoms with E-state index in [9.17, 15) is 5.11 Å². The Balaban J connectivity index is 1.82. The summed E-state index contributed by atoms with van der Waals surface area (Å²) < 4.78 is 12.1. The minimum Gasteiger partial charge on any atom is -0.486 e. The number of halogens is 1. The third-order valence-corrected chi connectivity index (χ3v) is 5.17. The van der Waals surface area contributed by atoms with Crippen molar-refractivity contribution in [1.29, 1.82) is 0 Å². The lowest BCUT2D eigenvalue weighted by Gasteiger charge is -2.31. The van der Waals surface area contributed by atoms with Gasteiger partial charge in [-0.3, -0.25) is 0 Å². The van der Waals surface area contributed by atoms with Crippen molar-refractivity contribution in [2.75, 3.05) is 13.2 Å². The number of hydrogen-bond acceptors (Lipinski definition) is 3. The highest BCUT2D eigenvalue weighted by Gasteiger charge is 2.28. The number of hydrogen-bond donors (Lipinski definition) is 1. The Bertz CT molecular complexity index is 481. The number of aliphatic hydroxyl groups excluding tert-OH is 1. The molecule has 1 saturated carbocycles. The van der Waals surface area contributed by atoms with Crippen molar-refractivity contribution in [3.63, 3.8) is 0 Å². The van der Waals surface area contributed by atoms with E-state index in [0.717, 1.165) is 40.3 Å². The van der Waals surface area contributed by atoms with Crippen LogP contribution in [0.4, 0.5) is 0 Å². The van der Waals surface area contributed by atoms with Gasteiger partial charge in [0, 0.05) is 4.47 Å². The van der Waals surface area contributed by atoms with Crippen molar-refractivity contribution in [1.82, 2.24) is 0 Å². The van der Waals surface area contributed by atoms with Crippen LogP contribution in [-0.2, 0) is 0 Å². The maximum Gasteiger partial charge on any atom is 0.162 e. The van der Waals surface area contributed by atoms with Crippen LogP contribution in [-0.4, -0.2) is 18.3 Å². The van der Waals surface area contributed by atoms with Crippen molar-refractivity contribution in [2.24, 2.45) is 11.8 Å². The van der Waals surface area contributed by atoms with Crippen LogP contribution in [0.1, 0.15) is 44.3 Å². The fraction of sp³-hybridized carbons (Fsp3) is 0.625. The Labute approximate surface area is 128 Å². The van der Waals surface area contributed by atoms with Crippen molar-refractivity contribution >= 4 is 15.9 Å². The van der Waals surface area contributed by atoms with Crippen LogP contribution < -0.4 is 9.47 Å². The molecule has 110 valence electrons. The summed E-state index contributed by atoms with van der Waals surface area (Å²) in [6, 6.07) is 3.85. The molecule has 4 heteroatoms. The molecule has 1 aliphatic carbocycles. The average Bonchev–Trinajstić information content (AvgIpc) is 2.46. The highest BCUT2D eigenvalue weighted by molar-refractivity contribution is 9.10. The normalized spacial score (nSPS) is 27.1. The van der Waals surface area contributed by atoms with Gasteiger partial charge in [-0.1, -0.05) is 35.7 Å². The van der Waals surface area contributed by atoms with Crippen molar-refractivity contribution in [3.05, 3.63) is 22.2 Å². The number of benzene rings is 1. The van der Waals surface area contributed by atoms with E-state index >= 15 is 0 Å². The monoisotopic (exact) mass is 340 g/mol. The summed E-state index contributed by atoms with van der Waals surface area (Å²) in [6.45, 7) is 3.45. The third-order valence-electron chi connectivity index (χ3n) is 4.49. The van der Waals surface area contributed by atoms with Crippen LogP contribution in [0.15, 0.2) is 16.6 Å². The molecule has 3 nitrogen and oxygen atoms in total. The van der Waals surface area contributed by atoms with Crippen molar-refractivity contribution < 1.29 is 14.6 Å². The molecule has 20 heavy (non-hydrogen) atoms. The van der Waals surface area contributed by atoms with E-state index in [-0.39, 0.29) is 0 Å². The summed E-state index contributed by atoms with van der Waals surface area (Å²) in [5.41, 5.74) is 0.925. The zero-order valence-electron chi connectivity index (χ0n) is 11.8. The van der Waals surface area contributed by atoms with E-state index in [0.29, 0.717) is 19.1 Å². The second-order valence-corrected chi connectivity index (χ2v) is 6.84. The van der Waals surface area contributed by atoms with Crippen LogP contribution >= 0.6 is 15.9 Å². The van der Waals surface area contributed by atoms with Gasteiger partial charge in [-0.2, -0.15) is 0 Å². The molecule has 1 fully saturated rings. The molecule has 3 rings (SSSR count). The molecule has 0 aromatic heterocycles. The first-order valence-corrected chi connectivity index (χ1v) is 8.21. The van der Waals surface area contributed by atoms with Gasteiger partial charge in [0.15, 0.2) is 11.5 Å². The molecule has 0 saturated heterocycles. The minimum absolute atomic E-state index is 0.352. The van der Waals surface area contributed by atoms with E-state index in [1.807, 2.05) is 12.1 Å². The Morgan fingerprint density at radius 1 is 1.10 bits per heavy atom. The summed E-state index contributed by atoms with van der Waals surface area (Å²) in [6.07, 6.45) is 4.20. The molecular weight excluding hydrogens is 320 g/mol. The fourth-order valence-corrected chi connectivity index (χ4v) is 3.72. The minimum atomic E-state index is -0.423. The quantitative estimate of drug-likeness (QED) is 0.881. The molecule has 0 bridgehead atoms. The maximum absolute atomic E-state index is 10.7. The van der Waals surface area contributed by atoms with E-state index < -0.39 is 6.10 Å². The lowest BCUT2D eigenvalue weighted by Crippen LogP contribution is -2.20. The van der Waals surface area contributed by atoms with Crippen LogP contribution in [0.3, 0.4) is 0 Å². The van der Waals surface area contributed by atoms with Gasteiger partial charge in [-0.15, -0.1) is 0 Å². The van der Waals surface area contributed by atoms with Gasteiger partial charge in [0.05, 0.1) is 6.10 Å². The highest BCUT2D eigenvalue weighted by atomic mass is 79.9. The van der Waals surface area contributed by atoms with Gasteiger partial charge in [-0.05, 0) is 42.4 Å². The molecule has 1 aromatic rings. The molecular formula is C16H21BrO3. The molecule has 1 unspecified atom stereocenters. The molecule has 1 heterocycles. The van der Waals surface area contributed by atoms with E-state index in [1.165, 1.54) is 12.8 Å². The Kier molecular flexibility index (Phi) is 4.22. The van der Waals surface area contributed by atoms with Crippen LogP contribution in [0, 0.1) is 11.8 Å². The van der Waals surface area contributed by atoms with E-state index in [1.54, 1.807) is 0 Å². The van der Waals surface area contributed by atoms with Crippen LogP contribution in [0.25, 0.3) is 0 Å². The van der Waals surface area contributed by atoms with Crippen LogP contribution in [0.5, 0.6) is 11.5 Å². The molecule has 0 radical (unpaired) electrons. The first kappa shape index (κ1) is 14.2. The molecule has 0 amide bonds. The van der Waals surface area contributed by atoms with Gasteiger partial charge in [0.1, 0.15) is 13.2 Å².